The number of rotatable bonds is 4. The molecule has 1 unspecified atom stereocenters. The van der Waals surface area contributed by atoms with Gasteiger partial charge in [0.15, 0.2) is 0 Å². The maximum atomic E-state index is 6.13. The second-order valence-corrected chi connectivity index (χ2v) is 6.67. The first-order chi connectivity index (χ1) is 9.16. The largest absolute Gasteiger partial charge is 0.330 e. The van der Waals surface area contributed by atoms with E-state index < -0.39 is 0 Å². The molecular formula is C17H26N2. The molecule has 1 atom stereocenters. The third kappa shape index (κ3) is 2.11. The van der Waals surface area contributed by atoms with Gasteiger partial charge in [-0.15, -0.1) is 0 Å². The van der Waals surface area contributed by atoms with Gasteiger partial charge < -0.3 is 10.6 Å². The molecule has 2 N–H and O–H groups in total. The quantitative estimate of drug-likeness (QED) is 0.900. The van der Waals surface area contributed by atoms with Gasteiger partial charge in [-0.2, -0.15) is 0 Å². The van der Waals surface area contributed by atoms with E-state index in [1.807, 2.05) is 0 Å². The Morgan fingerprint density at radius 1 is 1.16 bits per heavy atom. The molecule has 2 nitrogen and oxygen atoms in total. The van der Waals surface area contributed by atoms with Gasteiger partial charge in [0, 0.05) is 11.5 Å². The molecule has 0 bridgehead atoms. The molecule has 1 aromatic carbocycles. The number of aryl methyl sites for hydroxylation is 2. The van der Waals surface area contributed by atoms with Gasteiger partial charge in [0.25, 0.3) is 0 Å². The molecule has 1 aromatic rings. The maximum Gasteiger partial charge on any atom is 0.0410 e. The van der Waals surface area contributed by atoms with E-state index >= 15 is 0 Å². The molecule has 0 spiro atoms. The van der Waals surface area contributed by atoms with Gasteiger partial charge in [-0.05, 0) is 69.4 Å². The predicted molar refractivity (Wildman–Crippen MR) is 80.2 cm³/mol. The average Bonchev–Trinajstić information content (AvgIpc) is 2.80. The summed E-state index contributed by atoms with van der Waals surface area (Å²) >= 11 is 0. The first-order valence-corrected chi connectivity index (χ1v) is 7.64. The van der Waals surface area contributed by atoms with Crippen LogP contribution in [0.2, 0.25) is 0 Å². The summed E-state index contributed by atoms with van der Waals surface area (Å²) in [7, 11) is 4.40. The molecule has 1 saturated carbocycles. The van der Waals surface area contributed by atoms with Crippen molar-refractivity contribution < 1.29 is 0 Å². The topological polar surface area (TPSA) is 29.3 Å². The highest BCUT2D eigenvalue weighted by Crippen LogP contribution is 2.51. The van der Waals surface area contributed by atoms with Crippen molar-refractivity contribution in [2.75, 3.05) is 20.6 Å². The lowest BCUT2D eigenvalue weighted by molar-refractivity contribution is 0.0281. The van der Waals surface area contributed by atoms with Gasteiger partial charge in [0.05, 0.1) is 0 Å². The fraction of sp³-hybridized carbons (Fsp3) is 0.647. The molecule has 2 aliphatic rings. The lowest BCUT2D eigenvalue weighted by Gasteiger charge is -2.50. The summed E-state index contributed by atoms with van der Waals surface area (Å²) in [6.07, 6.45) is 7.76. The maximum absolute atomic E-state index is 6.13. The van der Waals surface area contributed by atoms with Crippen LogP contribution in [0.3, 0.4) is 0 Å². The molecule has 0 saturated heterocycles. The minimum atomic E-state index is 0.316. The number of hydrogen-bond donors (Lipinski definition) is 1. The molecule has 2 heteroatoms. The van der Waals surface area contributed by atoms with E-state index in [9.17, 15) is 0 Å². The first kappa shape index (κ1) is 13.1. The molecule has 0 amide bonds. The highest BCUT2D eigenvalue weighted by molar-refractivity contribution is 5.37. The smallest absolute Gasteiger partial charge is 0.0410 e. The SMILES string of the molecule is CN(C)C(c1ccc2c(c1)CCC2)C1(CN)CCC1. The molecule has 0 heterocycles. The highest BCUT2D eigenvalue weighted by atomic mass is 15.1. The summed E-state index contributed by atoms with van der Waals surface area (Å²) in [5, 5.41) is 0. The third-order valence-corrected chi connectivity index (χ3v) is 5.29. The molecule has 2 aliphatic carbocycles. The number of benzene rings is 1. The normalized spacial score (nSPS) is 22.1. The zero-order valence-electron chi connectivity index (χ0n) is 12.3. The summed E-state index contributed by atoms with van der Waals surface area (Å²) in [6, 6.07) is 7.65. The lowest BCUT2D eigenvalue weighted by atomic mass is 9.62. The van der Waals surface area contributed by atoms with Crippen LogP contribution in [0.15, 0.2) is 18.2 Å². The van der Waals surface area contributed by atoms with E-state index in [4.69, 9.17) is 5.73 Å². The molecule has 104 valence electrons. The fourth-order valence-electron chi connectivity index (χ4n) is 4.18. The molecule has 0 aliphatic heterocycles. The van der Waals surface area contributed by atoms with Crippen molar-refractivity contribution in [2.24, 2.45) is 11.1 Å². The summed E-state index contributed by atoms with van der Waals surface area (Å²) < 4.78 is 0. The minimum Gasteiger partial charge on any atom is -0.330 e. The van der Waals surface area contributed by atoms with Crippen LogP contribution in [0.25, 0.3) is 0 Å². The van der Waals surface area contributed by atoms with E-state index in [0.29, 0.717) is 11.5 Å². The van der Waals surface area contributed by atoms with Crippen molar-refractivity contribution in [1.82, 2.24) is 4.90 Å². The molecule has 19 heavy (non-hydrogen) atoms. The first-order valence-electron chi connectivity index (χ1n) is 7.64. The zero-order valence-corrected chi connectivity index (χ0v) is 12.3. The average molecular weight is 258 g/mol. The molecule has 3 rings (SSSR count). The second-order valence-electron chi connectivity index (χ2n) is 6.67. The van der Waals surface area contributed by atoms with Crippen LogP contribution in [0, 0.1) is 5.41 Å². The van der Waals surface area contributed by atoms with E-state index in [-0.39, 0.29) is 0 Å². The Bertz CT molecular complexity index is 455. The number of hydrogen-bond acceptors (Lipinski definition) is 2. The van der Waals surface area contributed by atoms with Crippen LogP contribution < -0.4 is 5.73 Å². The Hall–Kier alpha value is -0.860. The Labute approximate surface area is 117 Å². The summed E-state index contributed by atoms with van der Waals surface area (Å²) in [6.45, 7) is 0.812. The molecule has 1 fully saturated rings. The molecule has 0 radical (unpaired) electrons. The highest BCUT2D eigenvalue weighted by Gasteiger charge is 2.44. The van der Waals surface area contributed by atoms with Crippen molar-refractivity contribution in [1.29, 1.82) is 0 Å². The van der Waals surface area contributed by atoms with Gasteiger partial charge >= 0.3 is 0 Å². The third-order valence-electron chi connectivity index (χ3n) is 5.29. The number of nitrogens with zero attached hydrogens (tertiary/aromatic N) is 1. The van der Waals surface area contributed by atoms with E-state index in [1.165, 1.54) is 44.1 Å². The van der Waals surface area contributed by atoms with Crippen molar-refractivity contribution in [3.8, 4) is 0 Å². The van der Waals surface area contributed by atoms with Gasteiger partial charge in [-0.25, -0.2) is 0 Å². The van der Waals surface area contributed by atoms with Gasteiger partial charge in [0.1, 0.15) is 0 Å². The van der Waals surface area contributed by atoms with Gasteiger partial charge in [-0.3, -0.25) is 0 Å². The summed E-state index contributed by atoms with van der Waals surface area (Å²) in [5.74, 6) is 0. The Balaban J connectivity index is 1.96. The van der Waals surface area contributed by atoms with Crippen LogP contribution in [0.5, 0.6) is 0 Å². The number of fused-ring (bicyclic) bond motifs is 1. The Kier molecular flexibility index (Phi) is 3.40. The molecule has 0 aromatic heterocycles. The fourth-order valence-corrected chi connectivity index (χ4v) is 4.18. The second kappa shape index (κ2) is 4.92. The standard InChI is InChI=1S/C17H26N2/c1-19(2)16(17(12-18)9-4-10-17)15-8-7-13-5-3-6-14(13)11-15/h7-8,11,16H,3-6,9-10,12,18H2,1-2H3. The van der Waals surface area contributed by atoms with Gasteiger partial charge in [0.2, 0.25) is 0 Å². The molecular weight excluding hydrogens is 232 g/mol. The van der Waals surface area contributed by atoms with Crippen molar-refractivity contribution in [2.45, 2.75) is 44.6 Å². The minimum absolute atomic E-state index is 0.316. The van der Waals surface area contributed by atoms with Crippen LogP contribution in [0.1, 0.15) is 48.4 Å². The van der Waals surface area contributed by atoms with Crippen LogP contribution >= 0.6 is 0 Å². The van der Waals surface area contributed by atoms with Crippen molar-refractivity contribution in [3.05, 3.63) is 34.9 Å². The summed E-state index contributed by atoms with van der Waals surface area (Å²) in [4.78, 5) is 2.38. The van der Waals surface area contributed by atoms with Crippen LogP contribution in [-0.2, 0) is 12.8 Å². The summed E-state index contributed by atoms with van der Waals surface area (Å²) in [5.41, 5.74) is 11.1. The van der Waals surface area contributed by atoms with Crippen molar-refractivity contribution in [3.63, 3.8) is 0 Å². The zero-order chi connectivity index (χ0) is 13.5. The number of nitrogens with two attached hydrogens (primary N) is 1. The monoisotopic (exact) mass is 258 g/mol. The Morgan fingerprint density at radius 2 is 1.89 bits per heavy atom. The van der Waals surface area contributed by atoms with E-state index in [2.05, 4.69) is 37.2 Å². The lowest BCUT2D eigenvalue weighted by Crippen LogP contribution is -2.47. The van der Waals surface area contributed by atoms with Gasteiger partial charge in [-0.1, -0.05) is 24.6 Å². The Morgan fingerprint density at radius 3 is 2.47 bits per heavy atom. The van der Waals surface area contributed by atoms with Crippen molar-refractivity contribution >= 4 is 0 Å². The predicted octanol–water partition coefficient (Wildman–Crippen LogP) is 2.91. The van der Waals surface area contributed by atoms with Crippen LogP contribution in [0.4, 0.5) is 0 Å². The van der Waals surface area contributed by atoms with E-state index in [0.717, 1.165) is 6.54 Å². The van der Waals surface area contributed by atoms with E-state index in [1.54, 1.807) is 11.1 Å². The van der Waals surface area contributed by atoms with Crippen LogP contribution in [-0.4, -0.2) is 25.5 Å².